The molecule has 144 valence electrons. The summed E-state index contributed by atoms with van der Waals surface area (Å²) >= 11 is 0. The number of rotatable bonds is 7. The van der Waals surface area contributed by atoms with Gasteiger partial charge in [-0.15, -0.1) is 0 Å². The van der Waals surface area contributed by atoms with Gasteiger partial charge in [-0.25, -0.2) is 4.39 Å². The number of nitrogens with zero attached hydrogens (tertiary/aromatic N) is 3. The molecule has 1 saturated carbocycles. The Labute approximate surface area is 163 Å². The van der Waals surface area contributed by atoms with Gasteiger partial charge in [-0.1, -0.05) is 42.5 Å². The maximum absolute atomic E-state index is 13.1. The van der Waals surface area contributed by atoms with Gasteiger partial charge in [0.2, 0.25) is 17.8 Å². The lowest BCUT2D eigenvalue weighted by Gasteiger charge is -2.15. The number of hydrogen-bond donors (Lipinski definition) is 3. The van der Waals surface area contributed by atoms with Crippen molar-refractivity contribution in [1.29, 1.82) is 0 Å². The lowest BCUT2D eigenvalue weighted by atomic mass is 10.1. The summed E-state index contributed by atoms with van der Waals surface area (Å²) in [6, 6.07) is 16.8. The SMILES string of the molecule is CC(Nc1nc(N)nc(NC[C@@H]2C[C@H]2c2ccc(F)cc2)n1)c1ccccc1. The van der Waals surface area contributed by atoms with Crippen LogP contribution in [0.4, 0.5) is 22.2 Å². The van der Waals surface area contributed by atoms with Gasteiger partial charge in [0, 0.05) is 6.54 Å². The van der Waals surface area contributed by atoms with Crippen molar-refractivity contribution in [1.82, 2.24) is 15.0 Å². The van der Waals surface area contributed by atoms with Crippen LogP contribution in [0.5, 0.6) is 0 Å². The normalized spacial score (nSPS) is 19.1. The fourth-order valence-electron chi connectivity index (χ4n) is 3.37. The van der Waals surface area contributed by atoms with Crippen LogP contribution in [0.25, 0.3) is 0 Å². The number of anilines is 3. The standard InChI is InChI=1S/C21H23FN6/c1-13(14-5-3-2-4-6-14)25-21-27-19(23)26-20(28-21)24-12-16-11-18(16)15-7-9-17(22)10-8-15/h2-10,13,16,18H,11-12H2,1H3,(H4,23,24,25,26,27,28)/t13?,16-,18-/m0/s1. The Balaban J connectivity index is 1.36. The van der Waals surface area contributed by atoms with Gasteiger partial charge < -0.3 is 16.4 Å². The number of aromatic nitrogens is 3. The van der Waals surface area contributed by atoms with Crippen LogP contribution in [-0.2, 0) is 0 Å². The zero-order chi connectivity index (χ0) is 19.5. The van der Waals surface area contributed by atoms with Gasteiger partial charge in [-0.2, -0.15) is 15.0 Å². The summed E-state index contributed by atoms with van der Waals surface area (Å²) in [6.07, 6.45) is 1.06. The van der Waals surface area contributed by atoms with Crippen molar-refractivity contribution < 1.29 is 4.39 Å². The Morgan fingerprint density at radius 2 is 1.75 bits per heavy atom. The van der Waals surface area contributed by atoms with E-state index in [1.165, 1.54) is 17.7 Å². The van der Waals surface area contributed by atoms with Crippen LogP contribution < -0.4 is 16.4 Å². The summed E-state index contributed by atoms with van der Waals surface area (Å²) < 4.78 is 13.1. The average Bonchev–Trinajstić information content (AvgIpc) is 3.47. The van der Waals surface area contributed by atoms with E-state index in [9.17, 15) is 4.39 Å². The van der Waals surface area contributed by atoms with Crippen LogP contribution in [0.3, 0.4) is 0 Å². The fourth-order valence-corrected chi connectivity index (χ4v) is 3.37. The lowest BCUT2D eigenvalue weighted by Crippen LogP contribution is -2.14. The van der Waals surface area contributed by atoms with E-state index in [0.29, 0.717) is 23.7 Å². The lowest BCUT2D eigenvalue weighted by molar-refractivity contribution is 0.627. The van der Waals surface area contributed by atoms with Gasteiger partial charge in [0.05, 0.1) is 6.04 Å². The first-order chi connectivity index (χ1) is 13.6. The Bertz CT molecular complexity index is 931. The molecule has 7 heteroatoms. The minimum atomic E-state index is -0.204. The zero-order valence-corrected chi connectivity index (χ0v) is 15.6. The van der Waals surface area contributed by atoms with Crippen LogP contribution in [0, 0.1) is 11.7 Å². The molecule has 1 aromatic heterocycles. The third kappa shape index (κ3) is 4.36. The zero-order valence-electron chi connectivity index (χ0n) is 15.6. The van der Waals surface area contributed by atoms with Crippen molar-refractivity contribution in [3.8, 4) is 0 Å². The Kier molecular flexibility index (Phi) is 5.06. The summed E-state index contributed by atoms with van der Waals surface area (Å²) in [5.74, 6) is 1.79. The van der Waals surface area contributed by atoms with Crippen LogP contribution >= 0.6 is 0 Å². The molecule has 0 saturated heterocycles. The number of benzene rings is 2. The van der Waals surface area contributed by atoms with Gasteiger partial charge in [-0.3, -0.25) is 0 Å². The Morgan fingerprint density at radius 1 is 1.04 bits per heavy atom. The largest absolute Gasteiger partial charge is 0.368 e. The third-order valence-electron chi connectivity index (χ3n) is 5.04. The predicted molar refractivity (Wildman–Crippen MR) is 108 cm³/mol. The molecule has 6 nitrogen and oxygen atoms in total. The summed E-state index contributed by atoms with van der Waals surface area (Å²) in [5, 5.41) is 6.52. The molecular weight excluding hydrogens is 355 g/mol. The second-order valence-electron chi connectivity index (χ2n) is 7.15. The van der Waals surface area contributed by atoms with E-state index in [4.69, 9.17) is 5.73 Å². The fraction of sp³-hybridized carbons (Fsp3) is 0.286. The van der Waals surface area contributed by atoms with Gasteiger partial charge >= 0.3 is 0 Å². The molecule has 28 heavy (non-hydrogen) atoms. The Hall–Kier alpha value is -3.22. The molecule has 1 heterocycles. The second-order valence-corrected chi connectivity index (χ2v) is 7.15. The minimum Gasteiger partial charge on any atom is -0.368 e. The van der Waals surface area contributed by atoms with Crippen LogP contribution in [0.2, 0.25) is 0 Å². The highest BCUT2D eigenvalue weighted by molar-refractivity contribution is 5.42. The molecule has 0 spiro atoms. The highest BCUT2D eigenvalue weighted by atomic mass is 19.1. The van der Waals surface area contributed by atoms with Gasteiger partial charge in [0.1, 0.15) is 5.82 Å². The van der Waals surface area contributed by atoms with E-state index in [0.717, 1.165) is 18.5 Å². The number of nitrogens with two attached hydrogens (primary N) is 1. The van der Waals surface area contributed by atoms with Crippen molar-refractivity contribution in [2.45, 2.75) is 25.3 Å². The van der Waals surface area contributed by atoms with Crippen molar-refractivity contribution >= 4 is 17.8 Å². The monoisotopic (exact) mass is 378 g/mol. The first kappa shape index (κ1) is 18.2. The molecule has 0 bridgehead atoms. The number of nitrogens with one attached hydrogen (secondary N) is 2. The molecule has 0 amide bonds. The first-order valence-corrected chi connectivity index (χ1v) is 9.41. The van der Waals surface area contributed by atoms with Crippen molar-refractivity contribution in [2.75, 3.05) is 22.9 Å². The van der Waals surface area contributed by atoms with Crippen molar-refractivity contribution in [2.24, 2.45) is 5.92 Å². The van der Waals surface area contributed by atoms with E-state index >= 15 is 0 Å². The third-order valence-corrected chi connectivity index (χ3v) is 5.04. The van der Waals surface area contributed by atoms with Crippen molar-refractivity contribution in [3.05, 3.63) is 71.5 Å². The van der Waals surface area contributed by atoms with Gasteiger partial charge in [0.15, 0.2) is 0 Å². The van der Waals surface area contributed by atoms with E-state index in [-0.39, 0.29) is 17.8 Å². The van der Waals surface area contributed by atoms with Crippen LogP contribution in [0.15, 0.2) is 54.6 Å². The van der Waals surface area contributed by atoms with E-state index in [2.05, 4.69) is 25.6 Å². The molecule has 4 N–H and O–H groups in total. The molecule has 3 aromatic rings. The van der Waals surface area contributed by atoms with E-state index < -0.39 is 0 Å². The number of hydrogen-bond acceptors (Lipinski definition) is 6. The molecular formula is C21H23FN6. The van der Waals surface area contributed by atoms with Gasteiger partial charge in [0.25, 0.3) is 0 Å². The summed E-state index contributed by atoms with van der Waals surface area (Å²) in [4.78, 5) is 12.8. The topological polar surface area (TPSA) is 88.8 Å². The van der Waals surface area contributed by atoms with E-state index in [1.54, 1.807) is 0 Å². The van der Waals surface area contributed by atoms with Gasteiger partial charge in [-0.05, 0) is 48.4 Å². The molecule has 1 fully saturated rings. The maximum atomic E-state index is 13.1. The smallest absolute Gasteiger partial charge is 0.229 e. The summed E-state index contributed by atoms with van der Waals surface area (Å²) in [7, 11) is 0. The number of halogens is 1. The molecule has 0 radical (unpaired) electrons. The highest BCUT2D eigenvalue weighted by Crippen LogP contribution is 2.47. The predicted octanol–water partition coefficient (Wildman–Crippen LogP) is 3.98. The second kappa shape index (κ2) is 7.80. The molecule has 4 rings (SSSR count). The minimum absolute atomic E-state index is 0.0436. The first-order valence-electron chi connectivity index (χ1n) is 9.41. The molecule has 2 aromatic carbocycles. The van der Waals surface area contributed by atoms with Crippen LogP contribution in [0.1, 0.15) is 36.4 Å². The molecule has 1 aliphatic carbocycles. The molecule has 1 unspecified atom stereocenters. The average molecular weight is 378 g/mol. The molecule has 3 atom stereocenters. The molecule has 1 aliphatic rings. The van der Waals surface area contributed by atoms with Crippen molar-refractivity contribution in [3.63, 3.8) is 0 Å². The summed E-state index contributed by atoms with van der Waals surface area (Å²) in [6.45, 7) is 2.78. The molecule has 0 aliphatic heterocycles. The Morgan fingerprint density at radius 3 is 2.50 bits per heavy atom. The highest BCUT2D eigenvalue weighted by Gasteiger charge is 2.38. The quantitative estimate of drug-likeness (QED) is 0.576. The maximum Gasteiger partial charge on any atom is 0.229 e. The van der Waals surface area contributed by atoms with E-state index in [1.807, 2.05) is 49.4 Å². The summed E-state index contributed by atoms with van der Waals surface area (Å²) in [5.41, 5.74) is 8.15. The van der Waals surface area contributed by atoms with Crippen LogP contribution in [-0.4, -0.2) is 21.5 Å². The number of nitrogen functional groups attached to an aromatic ring is 1.